The van der Waals surface area contributed by atoms with Crippen LogP contribution in [0, 0.1) is 6.92 Å². The second-order valence-electron chi connectivity index (χ2n) is 4.27. The second-order valence-corrected chi connectivity index (χ2v) is 6.87. The molecule has 2 rings (SSSR count). The quantitative estimate of drug-likeness (QED) is 0.881. The average Bonchev–Trinajstić information content (AvgIpc) is 2.42. The molecule has 5 nitrogen and oxygen atoms in total. The van der Waals surface area contributed by atoms with E-state index in [2.05, 4.69) is 25.6 Å². The normalized spacial score (nSPS) is 11.3. The van der Waals surface area contributed by atoms with Crippen LogP contribution in [-0.4, -0.2) is 13.4 Å². The lowest BCUT2D eigenvalue weighted by atomic mass is 10.2. The summed E-state index contributed by atoms with van der Waals surface area (Å²) in [4.78, 5) is 4.24. The Morgan fingerprint density at radius 1 is 1.30 bits per heavy atom. The van der Waals surface area contributed by atoms with Gasteiger partial charge in [0.1, 0.15) is 5.82 Å². The third-order valence-corrected chi connectivity index (χ3v) is 4.53. The Morgan fingerprint density at radius 2 is 1.95 bits per heavy atom. The van der Waals surface area contributed by atoms with Crippen LogP contribution in [0.25, 0.3) is 0 Å². The molecule has 0 spiro atoms. The van der Waals surface area contributed by atoms with Gasteiger partial charge in [-0.05, 0) is 52.2 Å². The summed E-state index contributed by atoms with van der Waals surface area (Å²) >= 11 is 3.29. The fourth-order valence-corrected chi connectivity index (χ4v) is 3.16. The Kier molecular flexibility index (Phi) is 4.42. The molecule has 20 heavy (non-hydrogen) atoms. The van der Waals surface area contributed by atoms with Gasteiger partial charge in [0, 0.05) is 17.2 Å². The lowest BCUT2D eigenvalue weighted by molar-refractivity contribution is 0.601. The summed E-state index contributed by atoms with van der Waals surface area (Å²) in [5.41, 5.74) is 7.10. The SMILES string of the molecule is Cc1cc(Br)cnc1NS(=O)(=O)c1ccc(CN)cc1. The van der Waals surface area contributed by atoms with Gasteiger partial charge in [0.2, 0.25) is 0 Å². The maximum Gasteiger partial charge on any atom is 0.263 e. The topological polar surface area (TPSA) is 85.1 Å². The molecule has 0 aliphatic rings. The standard InChI is InChI=1S/C13H14BrN3O2S/c1-9-6-11(14)8-16-13(9)17-20(18,19)12-4-2-10(7-15)3-5-12/h2-6,8H,7,15H2,1H3,(H,16,17). The molecule has 7 heteroatoms. The molecule has 0 unspecified atom stereocenters. The van der Waals surface area contributed by atoms with E-state index < -0.39 is 10.0 Å². The van der Waals surface area contributed by atoms with Crippen molar-refractivity contribution >= 4 is 31.8 Å². The van der Waals surface area contributed by atoms with Gasteiger partial charge in [0.25, 0.3) is 10.0 Å². The van der Waals surface area contributed by atoms with Crippen molar-refractivity contribution in [3.8, 4) is 0 Å². The highest BCUT2D eigenvalue weighted by Gasteiger charge is 2.15. The Balaban J connectivity index is 2.30. The highest BCUT2D eigenvalue weighted by molar-refractivity contribution is 9.10. The molecule has 106 valence electrons. The third kappa shape index (κ3) is 3.36. The number of nitrogens with zero attached hydrogens (tertiary/aromatic N) is 1. The molecule has 0 atom stereocenters. The van der Waals surface area contributed by atoms with Crippen LogP contribution >= 0.6 is 15.9 Å². The van der Waals surface area contributed by atoms with Crippen LogP contribution in [0.4, 0.5) is 5.82 Å². The number of rotatable bonds is 4. The number of pyridine rings is 1. The van der Waals surface area contributed by atoms with Crippen molar-refractivity contribution in [2.45, 2.75) is 18.4 Å². The first kappa shape index (κ1) is 15.0. The summed E-state index contributed by atoms with van der Waals surface area (Å²) in [5, 5.41) is 0. The van der Waals surface area contributed by atoms with E-state index >= 15 is 0 Å². The second kappa shape index (κ2) is 5.90. The van der Waals surface area contributed by atoms with E-state index in [0.717, 1.165) is 15.6 Å². The van der Waals surface area contributed by atoms with Crippen LogP contribution in [0.5, 0.6) is 0 Å². The van der Waals surface area contributed by atoms with E-state index in [1.165, 1.54) is 12.1 Å². The molecule has 0 radical (unpaired) electrons. The molecule has 1 heterocycles. The summed E-state index contributed by atoms with van der Waals surface area (Å²) < 4.78 is 27.8. The van der Waals surface area contributed by atoms with E-state index in [1.54, 1.807) is 31.3 Å². The highest BCUT2D eigenvalue weighted by Crippen LogP contribution is 2.20. The van der Waals surface area contributed by atoms with Gasteiger partial charge in [-0.15, -0.1) is 0 Å². The minimum Gasteiger partial charge on any atom is -0.326 e. The number of benzene rings is 1. The molecule has 0 aliphatic carbocycles. The minimum atomic E-state index is -3.64. The third-order valence-electron chi connectivity index (χ3n) is 2.75. The molecular weight excluding hydrogens is 342 g/mol. The van der Waals surface area contributed by atoms with Gasteiger partial charge in [0.05, 0.1) is 4.90 Å². The van der Waals surface area contributed by atoms with Crippen molar-refractivity contribution in [1.29, 1.82) is 0 Å². The maximum atomic E-state index is 12.2. The maximum absolute atomic E-state index is 12.2. The monoisotopic (exact) mass is 355 g/mol. The average molecular weight is 356 g/mol. The molecule has 0 saturated carbocycles. The highest BCUT2D eigenvalue weighted by atomic mass is 79.9. The molecule has 1 aromatic carbocycles. The molecule has 3 N–H and O–H groups in total. The molecular formula is C13H14BrN3O2S. The van der Waals surface area contributed by atoms with Crippen molar-refractivity contribution in [3.05, 3.63) is 52.1 Å². The zero-order valence-electron chi connectivity index (χ0n) is 10.8. The molecule has 0 bridgehead atoms. The van der Waals surface area contributed by atoms with Crippen molar-refractivity contribution < 1.29 is 8.42 Å². The van der Waals surface area contributed by atoms with Crippen LogP contribution in [0.1, 0.15) is 11.1 Å². The van der Waals surface area contributed by atoms with Crippen molar-refractivity contribution in [2.24, 2.45) is 5.73 Å². The van der Waals surface area contributed by atoms with E-state index in [0.29, 0.717) is 12.4 Å². The fraction of sp³-hybridized carbons (Fsp3) is 0.154. The number of nitrogens with two attached hydrogens (primary N) is 1. The first-order valence-corrected chi connectivity index (χ1v) is 8.14. The van der Waals surface area contributed by atoms with E-state index in [4.69, 9.17) is 5.73 Å². The molecule has 0 fully saturated rings. The van der Waals surface area contributed by atoms with Gasteiger partial charge in [-0.3, -0.25) is 4.72 Å². The predicted molar refractivity (Wildman–Crippen MR) is 81.8 cm³/mol. The molecule has 0 amide bonds. The number of hydrogen-bond acceptors (Lipinski definition) is 4. The predicted octanol–water partition coefficient (Wildman–Crippen LogP) is 2.41. The van der Waals surface area contributed by atoms with E-state index in [1.807, 2.05) is 0 Å². The largest absolute Gasteiger partial charge is 0.326 e. The lowest BCUT2D eigenvalue weighted by Gasteiger charge is -2.10. The Hall–Kier alpha value is -1.44. The van der Waals surface area contributed by atoms with Crippen molar-refractivity contribution in [2.75, 3.05) is 4.72 Å². The van der Waals surface area contributed by atoms with Gasteiger partial charge in [0.15, 0.2) is 0 Å². The number of nitrogens with one attached hydrogen (secondary N) is 1. The van der Waals surface area contributed by atoms with Crippen LogP contribution in [0.15, 0.2) is 45.9 Å². The van der Waals surface area contributed by atoms with Gasteiger partial charge in [-0.2, -0.15) is 0 Å². The van der Waals surface area contributed by atoms with Gasteiger partial charge in [-0.1, -0.05) is 12.1 Å². The number of sulfonamides is 1. The van der Waals surface area contributed by atoms with Crippen molar-refractivity contribution in [3.63, 3.8) is 0 Å². The zero-order valence-corrected chi connectivity index (χ0v) is 13.2. The number of halogens is 1. The first-order valence-electron chi connectivity index (χ1n) is 5.86. The van der Waals surface area contributed by atoms with Gasteiger partial charge >= 0.3 is 0 Å². The molecule has 0 aliphatic heterocycles. The fourth-order valence-electron chi connectivity index (χ4n) is 1.64. The van der Waals surface area contributed by atoms with Crippen LogP contribution in [0.3, 0.4) is 0 Å². The molecule has 0 saturated heterocycles. The summed E-state index contributed by atoms with van der Waals surface area (Å²) in [6, 6.07) is 8.23. The Morgan fingerprint density at radius 3 is 2.50 bits per heavy atom. The lowest BCUT2D eigenvalue weighted by Crippen LogP contribution is -2.15. The van der Waals surface area contributed by atoms with Crippen molar-refractivity contribution in [1.82, 2.24) is 4.98 Å². The zero-order chi connectivity index (χ0) is 14.8. The smallest absolute Gasteiger partial charge is 0.263 e. The summed E-state index contributed by atoms with van der Waals surface area (Å²) in [7, 11) is -3.64. The molecule has 1 aromatic heterocycles. The number of aryl methyl sites for hydroxylation is 1. The summed E-state index contributed by atoms with van der Waals surface area (Å²) in [5.74, 6) is 0.316. The van der Waals surface area contributed by atoms with Crippen LogP contribution < -0.4 is 10.5 Å². The van der Waals surface area contributed by atoms with Crippen LogP contribution in [0.2, 0.25) is 0 Å². The molecule has 2 aromatic rings. The number of anilines is 1. The summed E-state index contributed by atoms with van der Waals surface area (Å²) in [6.45, 7) is 2.16. The number of aromatic nitrogens is 1. The minimum absolute atomic E-state index is 0.179. The number of hydrogen-bond donors (Lipinski definition) is 2. The Labute approximate surface area is 126 Å². The Bertz CT molecular complexity index is 715. The van der Waals surface area contributed by atoms with E-state index in [-0.39, 0.29) is 4.90 Å². The van der Waals surface area contributed by atoms with E-state index in [9.17, 15) is 8.42 Å². The van der Waals surface area contributed by atoms with Crippen LogP contribution in [-0.2, 0) is 16.6 Å². The van der Waals surface area contributed by atoms with Gasteiger partial charge < -0.3 is 5.73 Å². The van der Waals surface area contributed by atoms with Gasteiger partial charge in [-0.25, -0.2) is 13.4 Å². The summed E-state index contributed by atoms with van der Waals surface area (Å²) in [6.07, 6.45) is 1.54. The first-order chi connectivity index (χ1) is 9.42.